The molecule has 1 aromatic carbocycles. The van der Waals surface area contributed by atoms with Gasteiger partial charge in [0.05, 0.1) is 5.02 Å². The number of halogens is 2. The molecule has 0 saturated carbocycles. The van der Waals surface area contributed by atoms with Gasteiger partial charge in [0.25, 0.3) is 0 Å². The molecule has 100 valence electrons. The van der Waals surface area contributed by atoms with Crippen LogP contribution in [0.1, 0.15) is 39.5 Å². The summed E-state index contributed by atoms with van der Waals surface area (Å²) < 4.78 is 13.1. The molecule has 0 radical (unpaired) electrons. The number of amides is 1. The number of hydrogen-bond donors (Lipinski definition) is 0. The Balaban J connectivity index is 2.98. The molecule has 1 rings (SSSR count). The highest BCUT2D eigenvalue weighted by atomic mass is 35.5. The van der Waals surface area contributed by atoms with Gasteiger partial charge in [-0.1, -0.05) is 38.3 Å². The number of carbonyl (C=O) groups excluding carboxylic acids is 1. The van der Waals surface area contributed by atoms with Crippen molar-refractivity contribution in [1.82, 2.24) is 0 Å². The van der Waals surface area contributed by atoms with Crippen molar-refractivity contribution in [3.05, 3.63) is 29.0 Å². The number of rotatable bonds is 7. The molecule has 0 N–H and O–H groups in total. The SMILES string of the molecule is CCCC(CCC)N(C=O)c1ccc(F)c(Cl)c1. The summed E-state index contributed by atoms with van der Waals surface area (Å²) in [7, 11) is 0. The molecule has 1 amide bonds. The minimum atomic E-state index is -0.464. The van der Waals surface area contributed by atoms with E-state index in [0.29, 0.717) is 5.69 Å². The van der Waals surface area contributed by atoms with Gasteiger partial charge in [0.2, 0.25) is 6.41 Å². The molecule has 0 aromatic heterocycles. The largest absolute Gasteiger partial charge is 0.312 e. The molecule has 2 nitrogen and oxygen atoms in total. The maximum Gasteiger partial charge on any atom is 0.214 e. The van der Waals surface area contributed by atoms with E-state index in [4.69, 9.17) is 11.6 Å². The third kappa shape index (κ3) is 3.70. The smallest absolute Gasteiger partial charge is 0.214 e. The molecule has 0 heterocycles. The normalized spacial score (nSPS) is 10.7. The zero-order valence-corrected chi connectivity index (χ0v) is 11.6. The monoisotopic (exact) mass is 271 g/mol. The highest BCUT2D eigenvalue weighted by Gasteiger charge is 2.17. The van der Waals surface area contributed by atoms with Crippen molar-refractivity contribution < 1.29 is 9.18 Å². The zero-order chi connectivity index (χ0) is 13.5. The van der Waals surface area contributed by atoms with Gasteiger partial charge in [-0.3, -0.25) is 4.79 Å². The van der Waals surface area contributed by atoms with Crippen molar-refractivity contribution in [2.24, 2.45) is 0 Å². The predicted octanol–water partition coefficient (Wildman–Crippen LogP) is 4.41. The van der Waals surface area contributed by atoms with Crippen molar-refractivity contribution in [2.75, 3.05) is 4.90 Å². The summed E-state index contributed by atoms with van der Waals surface area (Å²) in [6.45, 7) is 4.17. The van der Waals surface area contributed by atoms with Gasteiger partial charge in [-0.15, -0.1) is 0 Å². The van der Waals surface area contributed by atoms with Crippen LogP contribution in [0.5, 0.6) is 0 Å². The van der Waals surface area contributed by atoms with Crippen LogP contribution in [0.3, 0.4) is 0 Å². The first-order chi connectivity index (χ1) is 8.63. The van der Waals surface area contributed by atoms with Crippen LogP contribution in [0.2, 0.25) is 5.02 Å². The molecular weight excluding hydrogens is 253 g/mol. The highest BCUT2D eigenvalue weighted by Crippen LogP contribution is 2.25. The van der Waals surface area contributed by atoms with Crippen LogP contribution in [0.25, 0.3) is 0 Å². The van der Waals surface area contributed by atoms with Gasteiger partial charge >= 0.3 is 0 Å². The second kappa shape index (κ2) is 7.37. The molecule has 18 heavy (non-hydrogen) atoms. The van der Waals surface area contributed by atoms with Crippen LogP contribution < -0.4 is 4.90 Å². The van der Waals surface area contributed by atoms with Gasteiger partial charge in [0.1, 0.15) is 5.82 Å². The maximum atomic E-state index is 13.1. The van der Waals surface area contributed by atoms with Crippen molar-refractivity contribution in [3.63, 3.8) is 0 Å². The van der Waals surface area contributed by atoms with E-state index in [9.17, 15) is 9.18 Å². The topological polar surface area (TPSA) is 20.3 Å². The van der Waals surface area contributed by atoms with Gasteiger partial charge in [-0.25, -0.2) is 4.39 Å². The lowest BCUT2D eigenvalue weighted by molar-refractivity contribution is -0.107. The molecule has 0 saturated heterocycles. The first-order valence-corrected chi connectivity index (χ1v) is 6.70. The lowest BCUT2D eigenvalue weighted by atomic mass is 10.0. The van der Waals surface area contributed by atoms with Gasteiger partial charge in [-0.2, -0.15) is 0 Å². The number of carbonyl (C=O) groups is 1. The molecule has 0 atom stereocenters. The molecular formula is C14H19ClFNO. The standard InChI is InChI=1S/C14H19ClFNO/c1-3-5-11(6-4-2)17(10-18)12-7-8-14(16)13(15)9-12/h7-11H,3-6H2,1-2H3. The molecule has 0 bridgehead atoms. The Labute approximate surface area is 113 Å². The summed E-state index contributed by atoms with van der Waals surface area (Å²) in [5.74, 6) is -0.464. The molecule has 1 aromatic rings. The number of nitrogens with zero attached hydrogens (tertiary/aromatic N) is 1. The van der Waals surface area contributed by atoms with Crippen LogP contribution in [0.15, 0.2) is 18.2 Å². The molecule has 0 fully saturated rings. The Morgan fingerprint density at radius 2 is 1.94 bits per heavy atom. The number of hydrogen-bond acceptors (Lipinski definition) is 1. The minimum Gasteiger partial charge on any atom is -0.312 e. The number of benzene rings is 1. The molecule has 0 aliphatic rings. The first kappa shape index (κ1) is 15.0. The third-order valence-electron chi connectivity index (χ3n) is 2.95. The predicted molar refractivity (Wildman–Crippen MR) is 73.6 cm³/mol. The van der Waals surface area contributed by atoms with Gasteiger partial charge in [0, 0.05) is 11.7 Å². The summed E-state index contributed by atoms with van der Waals surface area (Å²) in [6.07, 6.45) is 4.68. The van der Waals surface area contributed by atoms with Gasteiger partial charge in [0.15, 0.2) is 0 Å². The van der Waals surface area contributed by atoms with E-state index in [1.807, 2.05) is 0 Å². The van der Waals surface area contributed by atoms with E-state index in [2.05, 4.69) is 13.8 Å². The van der Waals surface area contributed by atoms with Crippen LogP contribution in [-0.4, -0.2) is 12.5 Å². The van der Waals surface area contributed by atoms with Crippen LogP contribution in [0.4, 0.5) is 10.1 Å². The van der Waals surface area contributed by atoms with Crippen LogP contribution in [-0.2, 0) is 4.79 Å². The van der Waals surface area contributed by atoms with Gasteiger partial charge < -0.3 is 4.90 Å². The molecule has 0 aliphatic heterocycles. The third-order valence-corrected chi connectivity index (χ3v) is 3.24. The summed E-state index contributed by atoms with van der Waals surface area (Å²) in [5, 5.41) is 0.0473. The second-order valence-electron chi connectivity index (χ2n) is 4.34. The highest BCUT2D eigenvalue weighted by molar-refractivity contribution is 6.31. The first-order valence-electron chi connectivity index (χ1n) is 6.32. The van der Waals surface area contributed by atoms with E-state index in [0.717, 1.165) is 32.1 Å². The lowest BCUT2D eigenvalue weighted by Crippen LogP contribution is -2.34. The Morgan fingerprint density at radius 3 is 2.39 bits per heavy atom. The Kier molecular flexibility index (Phi) is 6.13. The maximum absolute atomic E-state index is 13.1. The minimum absolute atomic E-state index is 0.0473. The van der Waals surface area contributed by atoms with Crippen LogP contribution in [0, 0.1) is 5.82 Å². The average Bonchev–Trinajstić information content (AvgIpc) is 2.35. The van der Waals surface area contributed by atoms with Crippen molar-refractivity contribution in [3.8, 4) is 0 Å². The Bertz CT molecular complexity index is 391. The van der Waals surface area contributed by atoms with E-state index in [1.165, 1.54) is 12.1 Å². The molecule has 0 unspecified atom stereocenters. The molecule has 0 spiro atoms. The summed E-state index contributed by atoms with van der Waals surface area (Å²) in [6, 6.07) is 4.54. The quantitative estimate of drug-likeness (QED) is 0.673. The van der Waals surface area contributed by atoms with E-state index >= 15 is 0 Å². The van der Waals surface area contributed by atoms with E-state index in [-0.39, 0.29) is 11.1 Å². The Hall–Kier alpha value is -1.09. The fraction of sp³-hybridized carbons (Fsp3) is 0.500. The van der Waals surface area contributed by atoms with Crippen LogP contribution >= 0.6 is 11.6 Å². The second-order valence-corrected chi connectivity index (χ2v) is 4.75. The van der Waals surface area contributed by atoms with E-state index in [1.54, 1.807) is 11.0 Å². The summed E-state index contributed by atoms with van der Waals surface area (Å²) >= 11 is 5.76. The van der Waals surface area contributed by atoms with E-state index < -0.39 is 5.82 Å². The lowest BCUT2D eigenvalue weighted by Gasteiger charge is -2.28. The van der Waals surface area contributed by atoms with Crippen molar-refractivity contribution in [2.45, 2.75) is 45.6 Å². The fourth-order valence-corrected chi connectivity index (χ4v) is 2.27. The Morgan fingerprint density at radius 1 is 1.33 bits per heavy atom. The number of anilines is 1. The van der Waals surface area contributed by atoms with Gasteiger partial charge in [-0.05, 0) is 31.0 Å². The summed E-state index contributed by atoms with van der Waals surface area (Å²) in [5.41, 5.74) is 0.656. The average molecular weight is 272 g/mol. The summed E-state index contributed by atoms with van der Waals surface area (Å²) in [4.78, 5) is 12.9. The molecule has 0 aliphatic carbocycles. The van der Waals surface area contributed by atoms with Crippen molar-refractivity contribution in [1.29, 1.82) is 0 Å². The molecule has 4 heteroatoms. The zero-order valence-electron chi connectivity index (χ0n) is 10.8. The fourth-order valence-electron chi connectivity index (χ4n) is 2.09. The van der Waals surface area contributed by atoms with Crippen molar-refractivity contribution >= 4 is 23.7 Å².